The predicted octanol–water partition coefficient (Wildman–Crippen LogP) is 3.44. The summed E-state index contributed by atoms with van der Waals surface area (Å²) in [6.45, 7) is 5.80. The van der Waals surface area contributed by atoms with E-state index in [1.54, 1.807) is 31.2 Å². The Morgan fingerprint density at radius 2 is 1.83 bits per heavy atom. The summed E-state index contributed by atoms with van der Waals surface area (Å²) < 4.78 is 0. The van der Waals surface area contributed by atoms with Gasteiger partial charge in [0.25, 0.3) is 11.8 Å². The largest absolute Gasteiger partial charge is 0.366 e. The average molecular weight is 321 g/mol. The molecule has 0 spiro atoms. The lowest BCUT2D eigenvalue weighted by Gasteiger charge is -2.11. The molecular weight excluding hydrogens is 302 g/mol. The summed E-state index contributed by atoms with van der Waals surface area (Å²) in [6, 6.07) is 10.7. The minimum atomic E-state index is -0.559. The monoisotopic (exact) mass is 321 g/mol. The number of rotatable bonds is 3. The molecule has 0 fully saturated rings. The number of benzene rings is 2. The molecule has 5 nitrogen and oxygen atoms in total. The number of aromatic amines is 1. The second-order valence-electron chi connectivity index (χ2n) is 5.95. The highest BCUT2D eigenvalue weighted by atomic mass is 16.2. The lowest BCUT2D eigenvalue weighted by Crippen LogP contribution is -2.19. The number of anilines is 1. The number of hydrogen-bond acceptors (Lipinski definition) is 2. The Morgan fingerprint density at radius 3 is 2.54 bits per heavy atom. The summed E-state index contributed by atoms with van der Waals surface area (Å²) in [7, 11) is 0. The van der Waals surface area contributed by atoms with Crippen LogP contribution in [0.15, 0.2) is 36.4 Å². The molecule has 3 aromatic rings. The van der Waals surface area contributed by atoms with Gasteiger partial charge in [0.05, 0.1) is 11.3 Å². The summed E-state index contributed by atoms with van der Waals surface area (Å²) in [6.07, 6.45) is 0. The zero-order chi connectivity index (χ0) is 17.4. The van der Waals surface area contributed by atoms with Crippen molar-refractivity contribution in [3.63, 3.8) is 0 Å². The fraction of sp³-hybridized carbons (Fsp3) is 0.158. The number of H-pyrrole nitrogens is 1. The van der Waals surface area contributed by atoms with Gasteiger partial charge in [0, 0.05) is 22.2 Å². The summed E-state index contributed by atoms with van der Waals surface area (Å²) in [5.74, 6) is -0.834. The Bertz CT molecular complexity index is 970. The van der Waals surface area contributed by atoms with Gasteiger partial charge >= 0.3 is 0 Å². The van der Waals surface area contributed by atoms with Crippen molar-refractivity contribution in [1.82, 2.24) is 4.98 Å². The Hall–Kier alpha value is -3.08. The number of nitrogens with two attached hydrogens (primary N) is 1. The van der Waals surface area contributed by atoms with Gasteiger partial charge < -0.3 is 16.0 Å². The molecule has 4 N–H and O–H groups in total. The highest BCUT2D eigenvalue weighted by Gasteiger charge is 2.15. The van der Waals surface area contributed by atoms with E-state index in [-0.39, 0.29) is 5.91 Å². The molecule has 5 heteroatoms. The van der Waals surface area contributed by atoms with Crippen LogP contribution in [0.2, 0.25) is 0 Å². The zero-order valence-corrected chi connectivity index (χ0v) is 13.9. The highest BCUT2D eigenvalue weighted by molar-refractivity contribution is 6.10. The topological polar surface area (TPSA) is 88.0 Å². The number of amides is 2. The van der Waals surface area contributed by atoms with E-state index >= 15 is 0 Å². The average Bonchev–Trinajstić information content (AvgIpc) is 2.81. The van der Waals surface area contributed by atoms with E-state index in [0.717, 1.165) is 27.7 Å². The van der Waals surface area contributed by atoms with Crippen LogP contribution in [-0.2, 0) is 0 Å². The number of nitrogens with one attached hydrogen (secondary N) is 2. The van der Waals surface area contributed by atoms with Gasteiger partial charge in [-0.1, -0.05) is 12.1 Å². The second kappa shape index (κ2) is 5.85. The molecule has 1 aromatic heterocycles. The van der Waals surface area contributed by atoms with Crippen molar-refractivity contribution in [1.29, 1.82) is 0 Å². The van der Waals surface area contributed by atoms with Crippen LogP contribution in [0.3, 0.4) is 0 Å². The molecule has 0 saturated carbocycles. The molecule has 0 atom stereocenters. The first kappa shape index (κ1) is 15.8. The van der Waals surface area contributed by atoms with Crippen LogP contribution in [0.5, 0.6) is 0 Å². The van der Waals surface area contributed by atoms with E-state index < -0.39 is 5.91 Å². The molecule has 0 radical (unpaired) electrons. The van der Waals surface area contributed by atoms with E-state index in [9.17, 15) is 9.59 Å². The van der Waals surface area contributed by atoms with Crippen molar-refractivity contribution in [2.24, 2.45) is 5.73 Å². The Morgan fingerprint density at radius 1 is 1.08 bits per heavy atom. The van der Waals surface area contributed by atoms with Crippen LogP contribution in [0.25, 0.3) is 10.9 Å². The van der Waals surface area contributed by atoms with Gasteiger partial charge in [-0.05, 0) is 56.2 Å². The smallest absolute Gasteiger partial charge is 0.255 e. The number of carbonyl (C=O) groups is 2. The molecular formula is C19H19N3O2. The minimum absolute atomic E-state index is 0.275. The van der Waals surface area contributed by atoms with E-state index in [2.05, 4.69) is 10.3 Å². The number of fused-ring (bicyclic) bond motifs is 1. The fourth-order valence-electron chi connectivity index (χ4n) is 2.90. The van der Waals surface area contributed by atoms with Gasteiger partial charge in [0.2, 0.25) is 0 Å². The van der Waals surface area contributed by atoms with Gasteiger partial charge in [0.1, 0.15) is 0 Å². The molecule has 2 aromatic carbocycles. The molecule has 1 heterocycles. The number of aryl methyl sites for hydroxylation is 3. The van der Waals surface area contributed by atoms with Crippen molar-refractivity contribution in [3.05, 3.63) is 64.3 Å². The Labute approximate surface area is 139 Å². The SMILES string of the molecule is Cc1cccc(NC(=O)c2ccc3[nH]c(C)c(C)c3c2)c1C(N)=O. The minimum Gasteiger partial charge on any atom is -0.366 e. The van der Waals surface area contributed by atoms with Gasteiger partial charge in [-0.25, -0.2) is 0 Å². The number of hydrogen-bond donors (Lipinski definition) is 3. The normalized spacial score (nSPS) is 10.8. The standard InChI is InChI=1S/C19H19N3O2/c1-10-5-4-6-16(17(10)18(20)23)22-19(24)13-7-8-15-14(9-13)11(2)12(3)21-15/h4-9,21H,1-3H3,(H2,20,23)(H,22,24). The van der Waals surface area contributed by atoms with Gasteiger partial charge in [-0.15, -0.1) is 0 Å². The first-order valence-electron chi connectivity index (χ1n) is 7.68. The lowest BCUT2D eigenvalue weighted by molar-refractivity contribution is 0.100. The van der Waals surface area contributed by atoms with E-state index in [1.807, 2.05) is 26.0 Å². The zero-order valence-electron chi connectivity index (χ0n) is 13.9. The van der Waals surface area contributed by atoms with Gasteiger partial charge in [-0.2, -0.15) is 0 Å². The molecule has 3 rings (SSSR count). The third kappa shape index (κ3) is 2.65. The molecule has 0 aliphatic heterocycles. The molecule has 122 valence electrons. The quantitative estimate of drug-likeness (QED) is 0.690. The number of primary amides is 1. The van der Waals surface area contributed by atoms with Gasteiger partial charge in [0.15, 0.2) is 0 Å². The maximum atomic E-state index is 12.6. The molecule has 0 saturated heterocycles. The van der Waals surface area contributed by atoms with Crippen molar-refractivity contribution in [2.45, 2.75) is 20.8 Å². The lowest BCUT2D eigenvalue weighted by atomic mass is 10.0. The van der Waals surface area contributed by atoms with E-state index in [1.165, 1.54) is 0 Å². The Kier molecular flexibility index (Phi) is 3.85. The van der Waals surface area contributed by atoms with E-state index in [4.69, 9.17) is 5.73 Å². The predicted molar refractivity (Wildman–Crippen MR) is 95.4 cm³/mol. The summed E-state index contributed by atoms with van der Waals surface area (Å²) >= 11 is 0. The van der Waals surface area contributed by atoms with Crippen molar-refractivity contribution >= 4 is 28.4 Å². The van der Waals surface area contributed by atoms with Crippen LogP contribution in [0.1, 0.15) is 37.5 Å². The number of aromatic nitrogens is 1. The molecule has 2 amide bonds. The third-order valence-electron chi connectivity index (χ3n) is 4.34. The first-order chi connectivity index (χ1) is 11.4. The second-order valence-corrected chi connectivity index (χ2v) is 5.95. The summed E-state index contributed by atoms with van der Waals surface area (Å²) in [5.41, 5.74) is 10.6. The Balaban J connectivity index is 1.98. The van der Waals surface area contributed by atoms with Crippen molar-refractivity contribution in [3.8, 4) is 0 Å². The van der Waals surface area contributed by atoms with Crippen LogP contribution >= 0.6 is 0 Å². The molecule has 0 unspecified atom stereocenters. The van der Waals surface area contributed by atoms with Crippen LogP contribution in [-0.4, -0.2) is 16.8 Å². The summed E-state index contributed by atoms with van der Waals surface area (Å²) in [4.78, 5) is 27.5. The molecule has 24 heavy (non-hydrogen) atoms. The van der Waals surface area contributed by atoms with Crippen LogP contribution in [0, 0.1) is 20.8 Å². The summed E-state index contributed by atoms with van der Waals surface area (Å²) in [5, 5.41) is 3.80. The van der Waals surface area contributed by atoms with Crippen molar-refractivity contribution in [2.75, 3.05) is 5.32 Å². The third-order valence-corrected chi connectivity index (χ3v) is 4.34. The van der Waals surface area contributed by atoms with Crippen LogP contribution < -0.4 is 11.1 Å². The molecule has 0 bridgehead atoms. The fourth-order valence-corrected chi connectivity index (χ4v) is 2.90. The number of carbonyl (C=O) groups excluding carboxylic acids is 2. The molecule has 0 aliphatic rings. The first-order valence-corrected chi connectivity index (χ1v) is 7.68. The highest BCUT2D eigenvalue weighted by Crippen LogP contribution is 2.24. The molecule has 0 aliphatic carbocycles. The maximum Gasteiger partial charge on any atom is 0.255 e. The van der Waals surface area contributed by atoms with E-state index in [0.29, 0.717) is 16.8 Å². The van der Waals surface area contributed by atoms with Gasteiger partial charge in [-0.3, -0.25) is 9.59 Å². The maximum absolute atomic E-state index is 12.6. The van der Waals surface area contributed by atoms with Crippen molar-refractivity contribution < 1.29 is 9.59 Å². The van der Waals surface area contributed by atoms with Crippen LogP contribution in [0.4, 0.5) is 5.69 Å².